The maximum Gasteiger partial charge on any atom is 0.123 e. The van der Waals surface area contributed by atoms with Crippen molar-refractivity contribution < 1.29 is 4.39 Å². The van der Waals surface area contributed by atoms with E-state index < -0.39 is 0 Å². The number of hydrazine groups is 1. The first-order chi connectivity index (χ1) is 8.65. The summed E-state index contributed by atoms with van der Waals surface area (Å²) in [5.74, 6) is -0.197. The topological polar surface area (TPSA) is 15.3 Å². The molecule has 2 aromatic carbocycles. The molecule has 1 aliphatic rings. The monoisotopic (exact) mass is 242 g/mol. The van der Waals surface area contributed by atoms with Gasteiger partial charge in [0.15, 0.2) is 0 Å². The van der Waals surface area contributed by atoms with Gasteiger partial charge in [0.25, 0.3) is 0 Å². The van der Waals surface area contributed by atoms with Gasteiger partial charge in [-0.3, -0.25) is 0 Å². The molecule has 3 rings (SSSR count). The average molecular weight is 242 g/mol. The number of nitrogens with one attached hydrogen (secondary N) is 1. The molecular weight excluding hydrogens is 227 g/mol. The van der Waals surface area contributed by atoms with E-state index in [0.29, 0.717) is 0 Å². The minimum Gasteiger partial charge on any atom is -0.318 e. The molecular formula is C15H15FN2. The maximum absolute atomic E-state index is 13.0. The summed E-state index contributed by atoms with van der Waals surface area (Å²) in [7, 11) is 2.00. The molecule has 0 aliphatic carbocycles. The Kier molecular flexibility index (Phi) is 2.56. The first-order valence-electron chi connectivity index (χ1n) is 6.00. The van der Waals surface area contributed by atoms with Gasteiger partial charge in [0.05, 0.1) is 11.7 Å². The summed E-state index contributed by atoms with van der Waals surface area (Å²) >= 11 is 0. The van der Waals surface area contributed by atoms with Crippen LogP contribution in [-0.2, 0) is 0 Å². The second-order valence-electron chi connectivity index (χ2n) is 4.77. The lowest BCUT2D eigenvalue weighted by Gasteiger charge is -2.20. The number of anilines is 1. The number of hydrogen-bond acceptors (Lipinski definition) is 2. The molecule has 18 heavy (non-hydrogen) atoms. The van der Waals surface area contributed by atoms with Crippen molar-refractivity contribution in [3.63, 3.8) is 0 Å². The Morgan fingerprint density at radius 1 is 1.11 bits per heavy atom. The zero-order chi connectivity index (χ0) is 12.7. The van der Waals surface area contributed by atoms with Gasteiger partial charge >= 0.3 is 0 Å². The van der Waals surface area contributed by atoms with Gasteiger partial charge < -0.3 is 5.43 Å². The van der Waals surface area contributed by atoms with Crippen molar-refractivity contribution in [2.75, 3.05) is 12.5 Å². The lowest BCUT2D eigenvalue weighted by molar-refractivity contribution is 0.363. The number of hydrogen-bond donors (Lipinski definition) is 1. The van der Waals surface area contributed by atoms with E-state index in [4.69, 9.17) is 0 Å². The van der Waals surface area contributed by atoms with E-state index in [-0.39, 0.29) is 11.9 Å². The molecule has 2 nitrogen and oxygen atoms in total. The van der Waals surface area contributed by atoms with Crippen molar-refractivity contribution in [1.29, 1.82) is 0 Å². The van der Waals surface area contributed by atoms with Crippen LogP contribution in [0, 0.1) is 12.7 Å². The molecule has 0 fully saturated rings. The van der Waals surface area contributed by atoms with Crippen LogP contribution in [0.1, 0.15) is 22.7 Å². The summed E-state index contributed by atoms with van der Waals surface area (Å²) < 4.78 is 13.0. The second kappa shape index (κ2) is 4.10. The Balaban J connectivity index is 2.08. The fraction of sp³-hybridized carbons (Fsp3) is 0.200. The van der Waals surface area contributed by atoms with Crippen LogP contribution >= 0.6 is 0 Å². The Labute approximate surface area is 106 Å². The van der Waals surface area contributed by atoms with Gasteiger partial charge in [-0.25, -0.2) is 9.40 Å². The molecule has 92 valence electrons. The summed E-state index contributed by atoms with van der Waals surface area (Å²) in [5, 5.41) is 2.05. The van der Waals surface area contributed by atoms with Crippen LogP contribution in [-0.4, -0.2) is 12.1 Å². The first kappa shape index (κ1) is 11.2. The van der Waals surface area contributed by atoms with Crippen LogP contribution < -0.4 is 5.43 Å². The summed E-state index contributed by atoms with van der Waals surface area (Å²) in [5.41, 5.74) is 8.02. The van der Waals surface area contributed by atoms with Gasteiger partial charge in [0.2, 0.25) is 0 Å². The number of benzene rings is 2. The van der Waals surface area contributed by atoms with Crippen LogP contribution in [0.2, 0.25) is 0 Å². The first-order valence-corrected chi connectivity index (χ1v) is 6.00. The number of rotatable bonds is 1. The molecule has 0 aromatic heterocycles. The van der Waals surface area contributed by atoms with E-state index in [1.165, 1.54) is 23.3 Å². The standard InChI is InChI=1S/C15H15FN2/c1-10-3-8-14-13(9-10)15(18(2)17-14)11-4-6-12(16)7-5-11/h3-9,15,17H,1-2H3. The van der Waals surface area contributed by atoms with E-state index >= 15 is 0 Å². The van der Waals surface area contributed by atoms with Crippen molar-refractivity contribution in [1.82, 2.24) is 5.01 Å². The molecule has 0 spiro atoms. The summed E-state index contributed by atoms with van der Waals surface area (Å²) in [6.07, 6.45) is 0. The Hall–Kier alpha value is -1.87. The number of halogens is 1. The van der Waals surface area contributed by atoms with E-state index in [1.54, 1.807) is 0 Å². The third-order valence-corrected chi connectivity index (χ3v) is 3.37. The highest BCUT2D eigenvalue weighted by Gasteiger charge is 2.28. The highest BCUT2D eigenvalue weighted by atomic mass is 19.1. The molecule has 3 heteroatoms. The van der Waals surface area contributed by atoms with Crippen LogP contribution in [0.3, 0.4) is 0 Å². The van der Waals surface area contributed by atoms with Crippen LogP contribution in [0.25, 0.3) is 0 Å². The highest BCUT2D eigenvalue weighted by Crippen LogP contribution is 2.38. The van der Waals surface area contributed by atoms with Crippen LogP contribution in [0.4, 0.5) is 10.1 Å². The Morgan fingerprint density at radius 2 is 1.83 bits per heavy atom. The number of aryl methyl sites for hydroxylation is 1. The molecule has 1 heterocycles. The van der Waals surface area contributed by atoms with Gasteiger partial charge in [-0.1, -0.05) is 29.8 Å². The van der Waals surface area contributed by atoms with E-state index in [0.717, 1.165) is 11.3 Å². The van der Waals surface area contributed by atoms with Gasteiger partial charge in [0, 0.05) is 12.6 Å². The quantitative estimate of drug-likeness (QED) is 0.823. The summed E-state index contributed by atoms with van der Waals surface area (Å²) in [4.78, 5) is 0. The second-order valence-corrected chi connectivity index (χ2v) is 4.77. The van der Waals surface area contributed by atoms with E-state index in [2.05, 4.69) is 35.6 Å². The zero-order valence-electron chi connectivity index (χ0n) is 10.4. The molecule has 2 aromatic rings. The number of nitrogens with zero attached hydrogens (tertiary/aromatic N) is 1. The predicted octanol–water partition coefficient (Wildman–Crippen LogP) is 3.50. The van der Waals surface area contributed by atoms with E-state index in [9.17, 15) is 4.39 Å². The minimum atomic E-state index is -0.197. The molecule has 0 amide bonds. The molecule has 0 saturated carbocycles. The maximum atomic E-state index is 13.0. The fourth-order valence-corrected chi connectivity index (χ4v) is 2.52. The van der Waals surface area contributed by atoms with Crippen molar-refractivity contribution in [3.05, 3.63) is 65.0 Å². The fourth-order valence-electron chi connectivity index (χ4n) is 2.52. The van der Waals surface area contributed by atoms with Crippen molar-refractivity contribution in [2.45, 2.75) is 13.0 Å². The summed E-state index contributed by atoms with van der Waals surface area (Å²) in [6.45, 7) is 2.08. The van der Waals surface area contributed by atoms with Crippen LogP contribution in [0.15, 0.2) is 42.5 Å². The molecule has 1 atom stereocenters. The van der Waals surface area contributed by atoms with Crippen molar-refractivity contribution in [3.8, 4) is 0 Å². The van der Waals surface area contributed by atoms with Crippen molar-refractivity contribution in [2.24, 2.45) is 0 Å². The molecule has 1 unspecified atom stereocenters. The number of fused-ring (bicyclic) bond motifs is 1. The van der Waals surface area contributed by atoms with E-state index in [1.807, 2.05) is 19.2 Å². The van der Waals surface area contributed by atoms with Crippen LogP contribution in [0.5, 0.6) is 0 Å². The molecule has 1 aliphatic heterocycles. The minimum absolute atomic E-state index is 0.139. The molecule has 1 N–H and O–H groups in total. The summed E-state index contributed by atoms with van der Waals surface area (Å²) in [6, 6.07) is 13.2. The van der Waals surface area contributed by atoms with Gasteiger partial charge in [-0.2, -0.15) is 0 Å². The smallest absolute Gasteiger partial charge is 0.123 e. The molecule has 0 bridgehead atoms. The average Bonchev–Trinajstić information content (AvgIpc) is 2.66. The van der Waals surface area contributed by atoms with Gasteiger partial charge in [0.1, 0.15) is 5.82 Å². The highest BCUT2D eigenvalue weighted by molar-refractivity contribution is 5.59. The van der Waals surface area contributed by atoms with Crippen molar-refractivity contribution >= 4 is 5.69 Å². The lowest BCUT2D eigenvalue weighted by Crippen LogP contribution is -2.23. The predicted molar refractivity (Wildman–Crippen MR) is 70.8 cm³/mol. The van der Waals surface area contributed by atoms with Gasteiger partial charge in [-0.05, 0) is 30.7 Å². The molecule has 0 radical (unpaired) electrons. The lowest BCUT2D eigenvalue weighted by atomic mass is 9.97. The zero-order valence-corrected chi connectivity index (χ0v) is 10.4. The Bertz CT molecular complexity index is 578. The largest absolute Gasteiger partial charge is 0.318 e. The normalized spacial score (nSPS) is 18.5. The third kappa shape index (κ3) is 1.77. The van der Waals surface area contributed by atoms with Gasteiger partial charge in [-0.15, -0.1) is 0 Å². The molecule has 0 saturated heterocycles. The SMILES string of the molecule is Cc1ccc2c(c1)C(c1ccc(F)cc1)N(C)N2. The third-order valence-electron chi connectivity index (χ3n) is 3.37. The Morgan fingerprint density at radius 3 is 2.56 bits per heavy atom.